The van der Waals surface area contributed by atoms with Crippen LogP contribution < -0.4 is 19.7 Å². The monoisotopic (exact) mass is 380 g/mol. The Bertz CT molecular complexity index is 839. The standard InChI is InChI=1S/C23H28N2O3/c1-17(2)28-21-12-10-18(16-22(21)27-3)11-13-23(26)24-19-8-4-5-9-20(19)25-14-6-7-15-25/h4-5,8-13,16-17H,6-7,14-15H2,1-3H3,(H,24,26). The van der Waals surface area contributed by atoms with E-state index < -0.39 is 0 Å². The number of para-hydroxylation sites is 2. The molecule has 1 N–H and O–H groups in total. The average Bonchev–Trinajstić information content (AvgIpc) is 3.22. The van der Waals surface area contributed by atoms with Crippen LogP contribution in [0.3, 0.4) is 0 Å². The average molecular weight is 380 g/mol. The summed E-state index contributed by atoms with van der Waals surface area (Å²) in [5.74, 6) is 1.18. The smallest absolute Gasteiger partial charge is 0.248 e. The molecule has 0 bridgehead atoms. The summed E-state index contributed by atoms with van der Waals surface area (Å²) in [7, 11) is 1.61. The number of carbonyl (C=O) groups is 1. The second kappa shape index (κ2) is 9.31. The summed E-state index contributed by atoms with van der Waals surface area (Å²) in [6.07, 6.45) is 5.77. The summed E-state index contributed by atoms with van der Waals surface area (Å²) < 4.78 is 11.1. The molecule has 0 aromatic heterocycles. The van der Waals surface area contributed by atoms with Crippen molar-refractivity contribution < 1.29 is 14.3 Å². The van der Waals surface area contributed by atoms with E-state index in [-0.39, 0.29) is 12.0 Å². The minimum atomic E-state index is -0.159. The Hall–Kier alpha value is -2.95. The number of anilines is 2. The fourth-order valence-corrected chi connectivity index (χ4v) is 3.30. The predicted molar refractivity (Wildman–Crippen MR) is 114 cm³/mol. The van der Waals surface area contributed by atoms with Gasteiger partial charge in [0.25, 0.3) is 0 Å². The molecule has 0 atom stereocenters. The summed E-state index contributed by atoms with van der Waals surface area (Å²) >= 11 is 0. The lowest BCUT2D eigenvalue weighted by Crippen LogP contribution is -2.20. The van der Waals surface area contributed by atoms with Crippen LogP contribution in [0.2, 0.25) is 0 Å². The summed E-state index contributed by atoms with van der Waals surface area (Å²) in [5.41, 5.74) is 2.80. The number of amides is 1. The first-order valence-electron chi connectivity index (χ1n) is 9.74. The van der Waals surface area contributed by atoms with Gasteiger partial charge in [-0.2, -0.15) is 0 Å². The molecule has 1 saturated heterocycles. The molecule has 148 valence electrons. The molecule has 0 saturated carbocycles. The minimum Gasteiger partial charge on any atom is -0.493 e. The van der Waals surface area contributed by atoms with Gasteiger partial charge in [0.1, 0.15) is 0 Å². The summed E-state index contributed by atoms with van der Waals surface area (Å²) in [5, 5.41) is 3.00. The quantitative estimate of drug-likeness (QED) is 0.705. The second-order valence-corrected chi connectivity index (χ2v) is 7.11. The highest BCUT2D eigenvalue weighted by Gasteiger charge is 2.16. The number of ether oxygens (including phenoxy) is 2. The zero-order valence-electron chi connectivity index (χ0n) is 16.8. The van der Waals surface area contributed by atoms with Gasteiger partial charge >= 0.3 is 0 Å². The van der Waals surface area contributed by atoms with Crippen molar-refractivity contribution >= 4 is 23.4 Å². The van der Waals surface area contributed by atoms with Gasteiger partial charge in [0.2, 0.25) is 5.91 Å². The number of rotatable bonds is 7. The Morgan fingerprint density at radius 3 is 2.57 bits per heavy atom. The van der Waals surface area contributed by atoms with Crippen LogP contribution in [0, 0.1) is 0 Å². The fourth-order valence-electron chi connectivity index (χ4n) is 3.30. The van der Waals surface area contributed by atoms with Crippen molar-refractivity contribution in [2.45, 2.75) is 32.8 Å². The molecule has 1 fully saturated rings. The van der Waals surface area contributed by atoms with Crippen molar-refractivity contribution in [2.75, 3.05) is 30.4 Å². The molecule has 2 aromatic carbocycles. The Morgan fingerprint density at radius 1 is 1.11 bits per heavy atom. The van der Waals surface area contributed by atoms with E-state index in [1.165, 1.54) is 12.8 Å². The van der Waals surface area contributed by atoms with Crippen molar-refractivity contribution in [2.24, 2.45) is 0 Å². The molecule has 5 heteroatoms. The zero-order chi connectivity index (χ0) is 19.9. The summed E-state index contributed by atoms with van der Waals surface area (Å²) in [6, 6.07) is 13.6. The van der Waals surface area contributed by atoms with E-state index in [1.54, 1.807) is 19.3 Å². The first kappa shape index (κ1) is 19.8. The van der Waals surface area contributed by atoms with Crippen molar-refractivity contribution in [3.05, 3.63) is 54.1 Å². The number of hydrogen-bond acceptors (Lipinski definition) is 4. The van der Waals surface area contributed by atoms with E-state index in [1.807, 2.05) is 50.2 Å². The lowest BCUT2D eigenvalue weighted by Gasteiger charge is -2.21. The van der Waals surface area contributed by atoms with Crippen molar-refractivity contribution in [1.29, 1.82) is 0 Å². The van der Waals surface area contributed by atoms with Gasteiger partial charge in [-0.1, -0.05) is 18.2 Å². The van der Waals surface area contributed by atoms with E-state index in [2.05, 4.69) is 16.3 Å². The van der Waals surface area contributed by atoms with Crippen LogP contribution in [-0.4, -0.2) is 32.2 Å². The maximum absolute atomic E-state index is 12.4. The van der Waals surface area contributed by atoms with Crippen LogP contribution in [0.1, 0.15) is 32.3 Å². The fraction of sp³-hybridized carbons (Fsp3) is 0.348. The van der Waals surface area contributed by atoms with Gasteiger partial charge < -0.3 is 19.7 Å². The van der Waals surface area contributed by atoms with E-state index in [9.17, 15) is 4.79 Å². The molecule has 28 heavy (non-hydrogen) atoms. The van der Waals surface area contributed by atoms with Crippen LogP contribution in [0.4, 0.5) is 11.4 Å². The summed E-state index contributed by atoms with van der Waals surface area (Å²) in [6.45, 7) is 6.01. The second-order valence-electron chi connectivity index (χ2n) is 7.11. The molecule has 0 aliphatic carbocycles. The molecule has 1 aliphatic rings. The number of methoxy groups -OCH3 is 1. The highest BCUT2D eigenvalue weighted by Crippen LogP contribution is 2.30. The van der Waals surface area contributed by atoms with Gasteiger partial charge in [-0.25, -0.2) is 0 Å². The van der Waals surface area contributed by atoms with Gasteiger partial charge in [-0.3, -0.25) is 4.79 Å². The van der Waals surface area contributed by atoms with Gasteiger partial charge in [0, 0.05) is 19.2 Å². The molecule has 1 amide bonds. The first-order chi connectivity index (χ1) is 13.6. The molecular formula is C23H28N2O3. The van der Waals surface area contributed by atoms with Gasteiger partial charge in [-0.15, -0.1) is 0 Å². The number of nitrogens with zero attached hydrogens (tertiary/aromatic N) is 1. The van der Waals surface area contributed by atoms with Gasteiger partial charge in [0.15, 0.2) is 11.5 Å². The Balaban J connectivity index is 1.69. The third-order valence-electron chi connectivity index (χ3n) is 4.59. The largest absolute Gasteiger partial charge is 0.493 e. The molecule has 1 heterocycles. The van der Waals surface area contributed by atoms with E-state index >= 15 is 0 Å². The maximum Gasteiger partial charge on any atom is 0.248 e. The molecule has 5 nitrogen and oxygen atoms in total. The highest BCUT2D eigenvalue weighted by molar-refractivity contribution is 6.03. The number of hydrogen-bond donors (Lipinski definition) is 1. The van der Waals surface area contributed by atoms with E-state index in [4.69, 9.17) is 9.47 Å². The molecule has 1 aliphatic heterocycles. The van der Waals surface area contributed by atoms with E-state index in [0.717, 1.165) is 30.0 Å². The normalized spacial score (nSPS) is 13.9. The molecule has 0 spiro atoms. The Kier molecular flexibility index (Phi) is 6.58. The number of carbonyl (C=O) groups excluding carboxylic acids is 1. The molecule has 2 aromatic rings. The molecule has 0 unspecified atom stereocenters. The van der Waals surface area contributed by atoms with Crippen molar-refractivity contribution in [1.82, 2.24) is 0 Å². The Labute approximate surface area is 167 Å². The minimum absolute atomic E-state index is 0.0664. The van der Waals surface area contributed by atoms with E-state index in [0.29, 0.717) is 11.5 Å². The third kappa shape index (κ3) is 5.06. The highest BCUT2D eigenvalue weighted by atomic mass is 16.5. The van der Waals surface area contributed by atoms with Crippen LogP contribution >= 0.6 is 0 Å². The van der Waals surface area contributed by atoms with Crippen LogP contribution in [-0.2, 0) is 4.79 Å². The molecular weight excluding hydrogens is 352 g/mol. The van der Waals surface area contributed by atoms with Crippen LogP contribution in [0.5, 0.6) is 11.5 Å². The molecule has 0 radical (unpaired) electrons. The number of nitrogens with one attached hydrogen (secondary N) is 1. The number of benzene rings is 2. The lowest BCUT2D eigenvalue weighted by atomic mass is 10.2. The molecule has 3 rings (SSSR count). The lowest BCUT2D eigenvalue weighted by molar-refractivity contribution is -0.111. The third-order valence-corrected chi connectivity index (χ3v) is 4.59. The topological polar surface area (TPSA) is 50.8 Å². The first-order valence-corrected chi connectivity index (χ1v) is 9.74. The van der Waals surface area contributed by atoms with Gasteiger partial charge in [0.05, 0.1) is 24.6 Å². The van der Waals surface area contributed by atoms with Crippen LogP contribution in [0.15, 0.2) is 48.5 Å². The van der Waals surface area contributed by atoms with Crippen molar-refractivity contribution in [3.63, 3.8) is 0 Å². The zero-order valence-corrected chi connectivity index (χ0v) is 16.8. The SMILES string of the molecule is COc1cc(C=CC(=O)Nc2ccccc2N2CCCC2)ccc1OC(C)C. The van der Waals surface area contributed by atoms with Crippen molar-refractivity contribution in [3.8, 4) is 11.5 Å². The van der Waals surface area contributed by atoms with Gasteiger partial charge in [-0.05, 0) is 62.6 Å². The summed E-state index contributed by atoms with van der Waals surface area (Å²) in [4.78, 5) is 14.8. The Morgan fingerprint density at radius 2 is 1.86 bits per heavy atom. The van der Waals surface area contributed by atoms with Crippen LogP contribution in [0.25, 0.3) is 6.08 Å². The maximum atomic E-state index is 12.4. The predicted octanol–water partition coefficient (Wildman–Crippen LogP) is 4.73.